The lowest BCUT2D eigenvalue weighted by Crippen LogP contribution is -2.55. The molecule has 32 heavy (non-hydrogen) atoms. The molecule has 0 saturated carbocycles. The summed E-state index contributed by atoms with van der Waals surface area (Å²) in [4.78, 5) is 10.3. The Bertz CT molecular complexity index is 744. The standard InChI is InChI=1S/C25H41N5O2/c1-3-26-24(27-20-25(12-17-32-18-13-25)30-15-6-7-16-30)28-21-9-8-14-29(19-21)22-10-4-5-11-23(22)31-2/h4-5,10-11,21H,3,6-9,12-20H2,1-2H3,(H2,26,27,28). The van der Waals surface area contributed by atoms with Crippen LogP contribution in [0.4, 0.5) is 5.69 Å². The summed E-state index contributed by atoms with van der Waals surface area (Å²) in [6.45, 7) is 9.98. The molecule has 3 fully saturated rings. The Morgan fingerprint density at radius 1 is 1.16 bits per heavy atom. The SMILES string of the molecule is CCNC(=NCC1(N2CCCC2)CCOCC1)NC1CCCN(c2ccccc2OC)C1. The molecule has 7 nitrogen and oxygen atoms in total. The average Bonchev–Trinajstić information content (AvgIpc) is 3.39. The Morgan fingerprint density at radius 3 is 2.69 bits per heavy atom. The lowest BCUT2D eigenvalue weighted by Gasteiger charge is -2.43. The highest BCUT2D eigenvalue weighted by Crippen LogP contribution is 2.32. The third-order valence-electron chi connectivity index (χ3n) is 7.26. The van der Waals surface area contributed by atoms with Crippen LogP contribution in [0.1, 0.15) is 45.4 Å². The fourth-order valence-corrected chi connectivity index (χ4v) is 5.46. The zero-order valence-electron chi connectivity index (χ0n) is 19.9. The third kappa shape index (κ3) is 5.49. The highest BCUT2D eigenvalue weighted by atomic mass is 16.5. The number of para-hydroxylation sites is 2. The van der Waals surface area contributed by atoms with Crippen molar-refractivity contribution in [1.82, 2.24) is 15.5 Å². The average molecular weight is 444 g/mol. The van der Waals surface area contributed by atoms with Gasteiger partial charge >= 0.3 is 0 Å². The van der Waals surface area contributed by atoms with Crippen LogP contribution >= 0.6 is 0 Å². The maximum absolute atomic E-state index is 5.71. The van der Waals surface area contributed by atoms with Crippen molar-refractivity contribution < 1.29 is 9.47 Å². The van der Waals surface area contributed by atoms with Crippen LogP contribution in [0.15, 0.2) is 29.3 Å². The van der Waals surface area contributed by atoms with E-state index in [1.165, 1.54) is 31.6 Å². The monoisotopic (exact) mass is 443 g/mol. The van der Waals surface area contributed by atoms with Gasteiger partial charge < -0.3 is 25.0 Å². The number of piperidine rings is 1. The minimum absolute atomic E-state index is 0.160. The quantitative estimate of drug-likeness (QED) is 0.499. The number of hydrogen-bond donors (Lipinski definition) is 2. The molecule has 3 aliphatic rings. The number of nitrogens with one attached hydrogen (secondary N) is 2. The summed E-state index contributed by atoms with van der Waals surface area (Å²) >= 11 is 0. The topological polar surface area (TPSA) is 61.4 Å². The number of nitrogens with zero attached hydrogens (tertiary/aromatic N) is 3. The summed E-state index contributed by atoms with van der Waals surface area (Å²) in [5.74, 6) is 1.89. The third-order valence-corrected chi connectivity index (χ3v) is 7.26. The van der Waals surface area contributed by atoms with Gasteiger partial charge in [-0.25, -0.2) is 0 Å². The fraction of sp³-hybridized carbons (Fsp3) is 0.720. The maximum atomic E-state index is 5.71. The molecule has 0 amide bonds. The van der Waals surface area contributed by atoms with Gasteiger partial charge in [0.25, 0.3) is 0 Å². The molecule has 3 heterocycles. The highest BCUT2D eigenvalue weighted by Gasteiger charge is 2.39. The van der Waals surface area contributed by atoms with Gasteiger partial charge in [0.1, 0.15) is 5.75 Å². The van der Waals surface area contributed by atoms with Crippen molar-refractivity contribution in [3.05, 3.63) is 24.3 Å². The first kappa shape index (κ1) is 23.2. The first-order chi connectivity index (χ1) is 15.7. The molecule has 3 saturated heterocycles. The van der Waals surface area contributed by atoms with Crippen molar-refractivity contribution in [2.45, 2.75) is 57.0 Å². The second-order valence-electron chi connectivity index (χ2n) is 9.33. The van der Waals surface area contributed by atoms with Gasteiger partial charge in [0.2, 0.25) is 0 Å². The smallest absolute Gasteiger partial charge is 0.191 e. The van der Waals surface area contributed by atoms with Crippen LogP contribution in [0.3, 0.4) is 0 Å². The maximum Gasteiger partial charge on any atom is 0.191 e. The number of aliphatic imine (C=N–C) groups is 1. The highest BCUT2D eigenvalue weighted by molar-refractivity contribution is 5.80. The summed E-state index contributed by atoms with van der Waals surface area (Å²) in [6.07, 6.45) is 7.10. The Labute approximate surface area is 193 Å². The molecule has 1 atom stereocenters. The molecular formula is C25H41N5O2. The first-order valence-electron chi connectivity index (χ1n) is 12.5. The van der Waals surface area contributed by atoms with Gasteiger partial charge in [0.05, 0.1) is 19.3 Å². The van der Waals surface area contributed by atoms with Crippen LogP contribution in [0, 0.1) is 0 Å². The minimum atomic E-state index is 0.160. The molecule has 0 bridgehead atoms. The van der Waals surface area contributed by atoms with Crippen molar-refractivity contribution in [3.8, 4) is 5.75 Å². The van der Waals surface area contributed by atoms with E-state index in [1.54, 1.807) is 7.11 Å². The summed E-state index contributed by atoms with van der Waals surface area (Å²) in [6, 6.07) is 8.69. The van der Waals surface area contributed by atoms with Crippen LogP contribution in [0.5, 0.6) is 5.75 Å². The number of rotatable bonds is 7. The van der Waals surface area contributed by atoms with E-state index in [0.717, 1.165) is 76.8 Å². The van der Waals surface area contributed by atoms with Crippen molar-refractivity contribution in [1.29, 1.82) is 0 Å². The van der Waals surface area contributed by atoms with Gasteiger partial charge in [-0.05, 0) is 70.7 Å². The van der Waals surface area contributed by atoms with E-state index >= 15 is 0 Å². The normalized spacial score (nSPS) is 24.4. The molecule has 0 aliphatic carbocycles. The largest absolute Gasteiger partial charge is 0.495 e. The Balaban J connectivity index is 1.43. The molecule has 7 heteroatoms. The Morgan fingerprint density at radius 2 is 1.94 bits per heavy atom. The van der Waals surface area contributed by atoms with Crippen molar-refractivity contribution in [2.24, 2.45) is 4.99 Å². The van der Waals surface area contributed by atoms with Gasteiger partial charge in [-0.3, -0.25) is 9.89 Å². The number of methoxy groups -OCH3 is 1. The number of hydrogen-bond acceptors (Lipinski definition) is 5. The molecule has 0 radical (unpaired) electrons. The summed E-state index contributed by atoms with van der Waals surface area (Å²) in [5, 5.41) is 7.25. The van der Waals surface area contributed by atoms with E-state index in [-0.39, 0.29) is 5.54 Å². The van der Waals surface area contributed by atoms with Crippen molar-refractivity contribution in [3.63, 3.8) is 0 Å². The molecule has 4 rings (SSSR count). The zero-order valence-corrected chi connectivity index (χ0v) is 19.9. The number of guanidine groups is 1. The van der Waals surface area contributed by atoms with Crippen LogP contribution in [0.25, 0.3) is 0 Å². The molecule has 3 aliphatic heterocycles. The molecule has 178 valence electrons. The number of benzene rings is 1. The van der Waals surface area contributed by atoms with E-state index in [0.29, 0.717) is 6.04 Å². The van der Waals surface area contributed by atoms with E-state index in [1.807, 2.05) is 12.1 Å². The molecule has 0 spiro atoms. The van der Waals surface area contributed by atoms with E-state index < -0.39 is 0 Å². The van der Waals surface area contributed by atoms with Crippen LogP contribution in [-0.2, 0) is 4.74 Å². The van der Waals surface area contributed by atoms with E-state index in [2.05, 4.69) is 39.5 Å². The molecule has 0 aromatic heterocycles. The minimum Gasteiger partial charge on any atom is -0.495 e. The fourth-order valence-electron chi connectivity index (χ4n) is 5.46. The second kappa shape index (κ2) is 11.2. The molecular weight excluding hydrogens is 402 g/mol. The predicted molar refractivity (Wildman–Crippen MR) is 131 cm³/mol. The molecule has 1 unspecified atom stereocenters. The number of likely N-dealkylation sites (tertiary alicyclic amines) is 1. The Kier molecular flexibility index (Phi) is 8.14. The number of anilines is 1. The van der Waals surface area contributed by atoms with Crippen molar-refractivity contribution >= 4 is 11.6 Å². The summed E-state index contributed by atoms with van der Waals surface area (Å²) in [7, 11) is 1.75. The van der Waals surface area contributed by atoms with E-state index in [9.17, 15) is 0 Å². The lowest BCUT2D eigenvalue weighted by molar-refractivity contribution is -0.0139. The molecule has 1 aromatic carbocycles. The lowest BCUT2D eigenvalue weighted by atomic mass is 9.88. The summed E-state index contributed by atoms with van der Waals surface area (Å²) < 4.78 is 11.3. The van der Waals surface area contributed by atoms with Gasteiger partial charge in [0.15, 0.2) is 5.96 Å². The van der Waals surface area contributed by atoms with Crippen molar-refractivity contribution in [2.75, 3.05) is 64.5 Å². The van der Waals surface area contributed by atoms with Crippen LogP contribution < -0.4 is 20.3 Å². The van der Waals surface area contributed by atoms with Gasteiger partial charge in [-0.15, -0.1) is 0 Å². The molecule has 1 aromatic rings. The zero-order chi connectivity index (χ0) is 22.2. The predicted octanol–water partition coefficient (Wildman–Crippen LogP) is 2.86. The van der Waals surface area contributed by atoms with Gasteiger partial charge in [0, 0.05) is 44.4 Å². The second-order valence-corrected chi connectivity index (χ2v) is 9.33. The summed E-state index contributed by atoms with van der Waals surface area (Å²) in [5.41, 5.74) is 1.34. The first-order valence-corrected chi connectivity index (χ1v) is 12.5. The van der Waals surface area contributed by atoms with Gasteiger partial charge in [-0.1, -0.05) is 12.1 Å². The van der Waals surface area contributed by atoms with Crippen LogP contribution in [0.2, 0.25) is 0 Å². The van der Waals surface area contributed by atoms with E-state index in [4.69, 9.17) is 14.5 Å². The van der Waals surface area contributed by atoms with Gasteiger partial charge in [-0.2, -0.15) is 0 Å². The molecule has 2 N–H and O–H groups in total. The number of ether oxygens (including phenoxy) is 2. The Hall–Kier alpha value is -1.99. The van der Waals surface area contributed by atoms with Crippen LogP contribution in [-0.4, -0.2) is 82.0 Å².